The molecule has 0 atom stereocenters. The Kier molecular flexibility index (Phi) is 4.55. The van der Waals surface area contributed by atoms with Gasteiger partial charge in [-0.25, -0.2) is 4.90 Å². The van der Waals surface area contributed by atoms with Crippen LogP contribution in [0, 0.1) is 0 Å². The van der Waals surface area contributed by atoms with Gasteiger partial charge >= 0.3 is 0 Å². The summed E-state index contributed by atoms with van der Waals surface area (Å²) >= 11 is 12.3. The zero-order chi connectivity index (χ0) is 17.3. The Morgan fingerprint density at radius 1 is 1.21 bits per heavy atom. The van der Waals surface area contributed by atoms with E-state index in [4.69, 9.17) is 38.1 Å². The second-order valence-corrected chi connectivity index (χ2v) is 5.82. The average Bonchev–Trinajstić information content (AvgIpc) is 3.00. The molecule has 3 aromatic rings. The van der Waals surface area contributed by atoms with Gasteiger partial charge in [0.2, 0.25) is 11.8 Å². The van der Waals surface area contributed by atoms with Crippen molar-refractivity contribution >= 4 is 51.7 Å². The SMILES string of the molecule is CN=C(N)N(c1cc2cccc(Cl)c2o1)c1cc(Cl)ccc1OC. The minimum absolute atomic E-state index is 0.228. The van der Waals surface area contributed by atoms with Gasteiger partial charge < -0.3 is 14.9 Å². The average molecular weight is 364 g/mol. The van der Waals surface area contributed by atoms with E-state index in [1.54, 1.807) is 43.3 Å². The monoisotopic (exact) mass is 363 g/mol. The molecule has 0 saturated carbocycles. The zero-order valence-electron chi connectivity index (χ0n) is 13.1. The Balaban J connectivity index is 2.23. The van der Waals surface area contributed by atoms with Gasteiger partial charge in [-0.3, -0.25) is 4.99 Å². The number of ether oxygens (including phenoxy) is 1. The third kappa shape index (κ3) is 2.88. The molecule has 0 saturated heterocycles. The van der Waals surface area contributed by atoms with Crippen LogP contribution in [0.15, 0.2) is 51.9 Å². The zero-order valence-corrected chi connectivity index (χ0v) is 14.6. The molecule has 0 fully saturated rings. The Morgan fingerprint density at radius 3 is 2.67 bits per heavy atom. The number of nitrogens with two attached hydrogens (primary N) is 1. The minimum Gasteiger partial charge on any atom is -0.495 e. The van der Waals surface area contributed by atoms with Gasteiger partial charge in [0.05, 0.1) is 17.8 Å². The quantitative estimate of drug-likeness (QED) is 0.534. The highest BCUT2D eigenvalue weighted by Gasteiger charge is 2.22. The number of hydrogen-bond donors (Lipinski definition) is 1. The second-order valence-electron chi connectivity index (χ2n) is 4.98. The lowest BCUT2D eigenvalue weighted by atomic mass is 10.2. The number of halogens is 2. The van der Waals surface area contributed by atoms with Crippen LogP contribution < -0.4 is 15.4 Å². The number of hydrogen-bond acceptors (Lipinski definition) is 3. The van der Waals surface area contributed by atoms with Gasteiger partial charge in [-0.05, 0) is 24.3 Å². The van der Waals surface area contributed by atoms with Crippen LogP contribution in [0.25, 0.3) is 11.0 Å². The number of benzene rings is 2. The molecule has 2 N–H and O–H groups in total. The molecule has 0 unspecified atom stereocenters. The number of fused-ring (bicyclic) bond motifs is 1. The molecule has 3 rings (SSSR count). The molecule has 1 heterocycles. The largest absolute Gasteiger partial charge is 0.495 e. The summed E-state index contributed by atoms with van der Waals surface area (Å²) < 4.78 is 11.3. The van der Waals surface area contributed by atoms with Crippen LogP contribution in [0.1, 0.15) is 0 Å². The lowest BCUT2D eigenvalue weighted by Crippen LogP contribution is -2.33. The Morgan fingerprint density at radius 2 is 2.00 bits per heavy atom. The van der Waals surface area contributed by atoms with Crippen LogP contribution in [0.4, 0.5) is 11.6 Å². The lowest BCUT2D eigenvalue weighted by molar-refractivity contribution is 0.415. The molecule has 7 heteroatoms. The van der Waals surface area contributed by atoms with Crippen LogP contribution in [-0.2, 0) is 0 Å². The van der Waals surface area contributed by atoms with Crippen molar-refractivity contribution in [2.45, 2.75) is 0 Å². The number of para-hydroxylation sites is 1. The van der Waals surface area contributed by atoms with Crippen LogP contribution >= 0.6 is 23.2 Å². The minimum atomic E-state index is 0.228. The first-order chi connectivity index (χ1) is 11.5. The fraction of sp³-hybridized carbons (Fsp3) is 0.118. The Hall–Kier alpha value is -2.37. The highest BCUT2D eigenvalue weighted by molar-refractivity contribution is 6.35. The lowest BCUT2D eigenvalue weighted by Gasteiger charge is -2.22. The molecule has 1 aromatic heterocycles. The number of guanidine groups is 1. The van der Waals surface area contributed by atoms with E-state index < -0.39 is 0 Å². The molecule has 0 bridgehead atoms. The van der Waals surface area contributed by atoms with Crippen molar-refractivity contribution in [2.24, 2.45) is 10.7 Å². The number of nitrogens with zero attached hydrogens (tertiary/aromatic N) is 2. The summed E-state index contributed by atoms with van der Waals surface area (Å²) in [5.74, 6) is 1.27. The summed E-state index contributed by atoms with van der Waals surface area (Å²) in [5, 5.41) is 1.91. The van der Waals surface area contributed by atoms with Gasteiger partial charge in [-0.1, -0.05) is 35.3 Å². The number of methoxy groups -OCH3 is 1. The van der Waals surface area contributed by atoms with Crippen molar-refractivity contribution in [3.63, 3.8) is 0 Å². The molecule has 0 aliphatic rings. The summed E-state index contributed by atoms with van der Waals surface area (Å²) in [7, 11) is 3.16. The normalized spacial score (nSPS) is 11.8. The van der Waals surface area contributed by atoms with E-state index in [0.717, 1.165) is 5.39 Å². The van der Waals surface area contributed by atoms with Crippen molar-refractivity contribution in [1.29, 1.82) is 0 Å². The predicted molar refractivity (Wildman–Crippen MR) is 98.9 cm³/mol. The van der Waals surface area contributed by atoms with Gasteiger partial charge in [-0.15, -0.1) is 0 Å². The van der Waals surface area contributed by atoms with E-state index in [9.17, 15) is 0 Å². The highest BCUT2D eigenvalue weighted by atomic mass is 35.5. The molecule has 5 nitrogen and oxygen atoms in total. The van der Waals surface area contributed by atoms with Gasteiger partial charge in [0.15, 0.2) is 5.58 Å². The van der Waals surface area contributed by atoms with Crippen molar-refractivity contribution in [2.75, 3.05) is 19.1 Å². The highest BCUT2D eigenvalue weighted by Crippen LogP contribution is 2.39. The molecular formula is C17H15Cl2N3O2. The fourth-order valence-electron chi connectivity index (χ4n) is 2.42. The molecule has 2 aromatic carbocycles. The topological polar surface area (TPSA) is 64.0 Å². The van der Waals surface area contributed by atoms with Crippen molar-refractivity contribution in [3.05, 3.63) is 52.5 Å². The maximum absolute atomic E-state index is 6.20. The summed E-state index contributed by atoms with van der Waals surface area (Å²) in [6.45, 7) is 0. The third-order valence-electron chi connectivity index (χ3n) is 3.54. The van der Waals surface area contributed by atoms with Crippen molar-refractivity contribution in [1.82, 2.24) is 0 Å². The number of anilines is 2. The number of furan rings is 1. The maximum atomic E-state index is 6.20. The molecule has 124 valence electrons. The van der Waals surface area contributed by atoms with E-state index in [1.165, 1.54) is 0 Å². The smallest absolute Gasteiger partial charge is 0.208 e. The Labute approximate surface area is 149 Å². The third-order valence-corrected chi connectivity index (χ3v) is 4.08. The van der Waals surface area contributed by atoms with Gasteiger partial charge in [-0.2, -0.15) is 0 Å². The van der Waals surface area contributed by atoms with Crippen LogP contribution in [0.5, 0.6) is 5.75 Å². The predicted octanol–water partition coefficient (Wildman–Crippen LogP) is 4.83. The maximum Gasteiger partial charge on any atom is 0.208 e. The first-order valence-electron chi connectivity index (χ1n) is 7.09. The van der Waals surface area contributed by atoms with E-state index >= 15 is 0 Å². The summed E-state index contributed by atoms with van der Waals surface area (Å²) in [4.78, 5) is 5.69. The summed E-state index contributed by atoms with van der Waals surface area (Å²) in [5.41, 5.74) is 7.29. The van der Waals surface area contributed by atoms with Gasteiger partial charge in [0.25, 0.3) is 0 Å². The van der Waals surface area contributed by atoms with Crippen molar-refractivity contribution < 1.29 is 9.15 Å². The standard InChI is InChI=1S/C17H15Cl2N3O2/c1-21-17(20)22(13-9-11(18)6-7-14(13)23-2)15-8-10-4-3-5-12(19)16(10)24-15/h3-9H,1-2H3,(H2,20,21). The van der Waals surface area contributed by atoms with E-state index in [0.29, 0.717) is 32.9 Å². The second kappa shape index (κ2) is 6.63. The molecule has 0 amide bonds. The van der Waals surface area contributed by atoms with Crippen LogP contribution in [0.3, 0.4) is 0 Å². The van der Waals surface area contributed by atoms with Crippen LogP contribution in [0.2, 0.25) is 10.0 Å². The molecule has 0 spiro atoms. The fourth-order valence-corrected chi connectivity index (χ4v) is 2.80. The van der Waals surface area contributed by atoms with E-state index in [2.05, 4.69) is 4.99 Å². The number of aliphatic imine (C=N–C) groups is 1. The Bertz CT molecular complexity index is 921. The van der Waals surface area contributed by atoms with Crippen molar-refractivity contribution in [3.8, 4) is 5.75 Å². The van der Waals surface area contributed by atoms with E-state index in [1.807, 2.05) is 18.2 Å². The molecule has 0 radical (unpaired) electrons. The molecule has 0 aliphatic carbocycles. The summed E-state index contributed by atoms with van der Waals surface area (Å²) in [6.07, 6.45) is 0. The molecule has 0 aliphatic heterocycles. The number of rotatable bonds is 3. The van der Waals surface area contributed by atoms with Gasteiger partial charge in [0, 0.05) is 23.5 Å². The van der Waals surface area contributed by atoms with Gasteiger partial charge in [0.1, 0.15) is 5.75 Å². The molecular weight excluding hydrogens is 349 g/mol. The van der Waals surface area contributed by atoms with Crippen LogP contribution in [-0.4, -0.2) is 20.1 Å². The summed E-state index contributed by atoms with van der Waals surface area (Å²) in [6, 6.07) is 12.6. The molecule has 24 heavy (non-hydrogen) atoms. The first kappa shape index (κ1) is 16.5. The van der Waals surface area contributed by atoms with E-state index in [-0.39, 0.29) is 5.96 Å². The first-order valence-corrected chi connectivity index (χ1v) is 7.84.